The number of hydrogen-bond donors (Lipinski definition) is 3. The molecule has 0 fully saturated rings. The summed E-state index contributed by atoms with van der Waals surface area (Å²) in [4.78, 5) is 19.2. The van der Waals surface area contributed by atoms with Crippen LogP contribution in [0, 0.1) is 20.2 Å². The fourth-order valence-electron chi connectivity index (χ4n) is 1.01. The molecule has 6 N–H and O–H groups in total. The van der Waals surface area contributed by atoms with Crippen LogP contribution in [-0.4, -0.2) is 9.85 Å². The summed E-state index contributed by atoms with van der Waals surface area (Å²) in [5, 5.41) is 20.9. The zero-order chi connectivity index (χ0) is 11.7. The van der Waals surface area contributed by atoms with Crippen LogP contribution >= 0.6 is 0 Å². The Hall–Kier alpha value is -2.58. The van der Waals surface area contributed by atoms with Crippen molar-refractivity contribution in [2.75, 3.05) is 17.2 Å². The van der Waals surface area contributed by atoms with E-state index in [0.29, 0.717) is 6.07 Å². The lowest BCUT2D eigenvalue weighted by Gasteiger charge is -2.05. The maximum atomic E-state index is 10.5. The lowest BCUT2D eigenvalue weighted by atomic mass is 10.2. The zero-order valence-electron chi connectivity index (χ0n) is 7.34. The molecule has 0 unspecified atom stereocenters. The Morgan fingerprint density at radius 1 is 0.867 bits per heavy atom. The van der Waals surface area contributed by atoms with E-state index in [-0.39, 0.29) is 17.1 Å². The van der Waals surface area contributed by atoms with E-state index in [9.17, 15) is 20.2 Å². The van der Waals surface area contributed by atoms with Crippen molar-refractivity contribution < 1.29 is 9.85 Å². The quantitative estimate of drug-likeness (QED) is 0.359. The lowest BCUT2D eigenvalue weighted by Crippen LogP contribution is -2.06. The van der Waals surface area contributed by atoms with Crippen LogP contribution in [0.15, 0.2) is 6.07 Å². The van der Waals surface area contributed by atoms with E-state index in [2.05, 4.69) is 0 Å². The largest absolute Gasteiger partial charge is 0.395 e. The number of benzene rings is 1. The first-order valence-corrected chi connectivity index (χ1v) is 3.62. The van der Waals surface area contributed by atoms with Gasteiger partial charge in [-0.2, -0.15) is 0 Å². The smallest absolute Gasteiger partial charge is 0.301 e. The van der Waals surface area contributed by atoms with Crippen molar-refractivity contribution in [3.05, 3.63) is 26.3 Å². The Labute approximate surface area is 82.8 Å². The summed E-state index contributed by atoms with van der Waals surface area (Å²) >= 11 is 0. The average Bonchev–Trinajstić information content (AvgIpc) is 2.13. The Morgan fingerprint density at radius 3 is 1.47 bits per heavy atom. The molecule has 1 rings (SSSR count). The first kappa shape index (κ1) is 10.5. The van der Waals surface area contributed by atoms with Gasteiger partial charge in [0.15, 0.2) is 0 Å². The molecule has 0 bridgehead atoms. The third-order valence-corrected chi connectivity index (χ3v) is 1.80. The predicted molar refractivity (Wildman–Crippen MR) is 53.0 cm³/mol. The van der Waals surface area contributed by atoms with Gasteiger partial charge in [-0.25, -0.2) is 0 Å². The van der Waals surface area contributed by atoms with Gasteiger partial charge in [0.05, 0.1) is 21.6 Å². The molecular formula is C6H7N5O4. The van der Waals surface area contributed by atoms with E-state index in [1.165, 1.54) is 0 Å². The minimum absolute atomic E-state index is 0.351. The molecule has 0 heterocycles. The summed E-state index contributed by atoms with van der Waals surface area (Å²) in [5.74, 6) is 0. The molecule has 0 amide bonds. The van der Waals surface area contributed by atoms with Crippen LogP contribution in [0.2, 0.25) is 0 Å². The molecule has 1 aromatic rings. The Balaban J connectivity index is 3.59. The van der Waals surface area contributed by atoms with Crippen LogP contribution in [0.3, 0.4) is 0 Å². The molecule has 80 valence electrons. The van der Waals surface area contributed by atoms with Crippen molar-refractivity contribution in [3.63, 3.8) is 0 Å². The summed E-state index contributed by atoms with van der Waals surface area (Å²) in [7, 11) is 0. The molecule has 0 aliphatic rings. The molecule has 0 saturated heterocycles. The first-order chi connectivity index (χ1) is 6.86. The monoisotopic (exact) mass is 213 g/mol. The Kier molecular flexibility index (Phi) is 2.30. The second kappa shape index (κ2) is 3.29. The number of nitrogens with two attached hydrogens (primary N) is 3. The van der Waals surface area contributed by atoms with E-state index < -0.39 is 21.2 Å². The van der Waals surface area contributed by atoms with Gasteiger partial charge in [-0.15, -0.1) is 0 Å². The molecular weight excluding hydrogens is 206 g/mol. The minimum Gasteiger partial charge on any atom is -0.395 e. The molecule has 0 aromatic heterocycles. The maximum Gasteiger partial charge on any atom is 0.301 e. The van der Waals surface area contributed by atoms with Crippen LogP contribution in [0.4, 0.5) is 28.4 Å². The minimum atomic E-state index is -0.863. The van der Waals surface area contributed by atoms with Gasteiger partial charge in [-0.3, -0.25) is 20.2 Å². The Bertz CT molecular complexity index is 419. The third-order valence-electron chi connectivity index (χ3n) is 1.80. The number of nitrogens with zero attached hydrogens (tertiary/aromatic N) is 2. The van der Waals surface area contributed by atoms with Crippen LogP contribution in [0.1, 0.15) is 0 Å². The summed E-state index contributed by atoms with van der Waals surface area (Å²) in [6.45, 7) is 0. The van der Waals surface area contributed by atoms with Gasteiger partial charge < -0.3 is 17.2 Å². The number of nitrogen functional groups attached to an aromatic ring is 3. The highest BCUT2D eigenvalue weighted by Gasteiger charge is 2.25. The number of nitro groups is 2. The molecule has 9 nitrogen and oxygen atoms in total. The van der Waals surface area contributed by atoms with Gasteiger partial charge in [0.1, 0.15) is 11.4 Å². The van der Waals surface area contributed by atoms with Crippen molar-refractivity contribution in [2.24, 2.45) is 0 Å². The normalized spacial score (nSPS) is 9.87. The van der Waals surface area contributed by atoms with Gasteiger partial charge in [0.2, 0.25) is 0 Å². The molecule has 0 saturated carbocycles. The van der Waals surface area contributed by atoms with Crippen molar-refractivity contribution in [1.82, 2.24) is 0 Å². The molecule has 0 aliphatic carbocycles. The van der Waals surface area contributed by atoms with E-state index in [1.54, 1.807) is 0 Å². The Morgan fingerprint density at radius 2 is 1.20 bits per heavy atom. The second-order valence-corrected chi connectivity index (χ2v) is 2.67. The fourth-order valence-corrected chi connectivity index (χ4v) is 1.01. The second-order valence-electron chi connectivity index (χ2n) is 2.67. The molecule has 0 aliphatic heterocycles. The highest BCUT2D eigenvalue weighted by atomic mass is 16.6. The van der Waals surface area contributed by atoms with E-state index in [4.69, 9.17) is 17.2 Å². The average molecular weight is 213 g/mol. The molecule has 15 heavy (non-hydrogen) atoms. The van der Waals surface area contributed by atoms with Gasteiger partial charge in [-0.05, 0) is 0 Å². The highest BCUT2D eigenvalue weighted by Crippen LogP contribution is 2.38. The van der Waals surface area contributed by atoms with E-state index >= 15 is 0 Å². The molecule has 1 aromatic carbocycles. The predicted octanol–water partition coefficient (Wildman–Crippen LogP) is 0.250. The third kappa shape index (κ3) is 1.57. The van der Waals surface area contributed by atoms with Crippen LogP contribution in [0.5, 0.6) is 0 Å². The van der Waals surface area contributed by atoms with Crippen molar-refractivity contribution >= 4 is 28.4 Å². The number of rotatable bonds is 2. The molecule has 9 heteroatoms. The van der Waals surface area contributed by atoms with Crippen molar-refractivity contribution in [3.8, 4) is 0 Å². The van der Waals surface area contributed by atoms with E-state index in [1.807, 2.05) is 0 Å². The molecule has 0 spiro atoms. The number of nitro benzene ring substituents is 2. The van der Waals surface area contributed by atoms with Gasteiger partial charge in [0, 0.05) is 0 Å². The fraction of sp³-hybridized carbons (Fsp3) is 0. The van der Waals surface area contributed by atoms with Gasteiger partial charge in [0.25, 0.3) is 0 Å². The molecule has 0 atom stereocenters. The lowest BCUT2D eigenvalue weighted by molar-refractivity contribution is -0.392. The summed E-state index contributed by atoms with van der Waals surface area (Å²) in [6, 6.07) is 0.682. The van der Waals surface area contributed by atoms with Crippen LogP contribution < -0.4 is 17.2 Å². The van der Waals surface area contributed by atoms with Gasteiger partial charge in [-0.1, -0.05) is 0 Å². The van der Waals surface area contributed by atoms with Crippen molar-refractivity contribution in [1.29, 1.82) is 0 Å². The SMILES string of the molecule is Nc1c([N+](=O)[O-])cc([N+](=O)[O-])c(N)c1N. The number of anilines is 3. The van der Waals surface area contributed by atoms with E-state index in [0.717, 1.165) is 0 Å². The topological polar surface area (TPSA) is 164 Å². The summed E-state index contributed by atoms with van der Waals surface area (Å²) in [5.41, 5.74) is 13.5. The highest BCUT2D eigenvalue weighted by molar-refractivity contribution is 5.90. The zero-order valence-corrected chi connectivity index (χ0v) is 7.34. The molecule has 0 radical (unpaired) electrons. The first-order valence-electron chi connectivity index (χ1n) is 3.62. The van der Waals surface area contributed by atoms with Crippen molar-refractivity contribution in [2.45, 2.75) is 0 Å². The van der Waals surface area contributed by atoms with Gasteiger partial charge >= 0.3 is 11.4 Å². The summed E-state index contributed by atoms with van der Waals surface area (Å²) < 4.78 is 0. The summed E-state index contributed by atoms with van der Waals surface area (Å²) in [6.07, 6.45) is 0. The van der Waals surface area contributed by atoms with Crippen LogP contribution in [0.25, 0.3) is 0 Å². The standard InChI is InChI=1S/C6H7N5O4/c7-4-2(10(12)13)1-3(11(14)15)5(8)6(4)9/h1H,7-9H2. The maximum absolute atomic E-state index is 10.5. The van der Waals surface area contributed by atoms with Crippen LogP contribution in [-0.2, 0) is 0 Å². The number of hydrogen-bond acceptors (Lipinski definition) is 7.